The highest BCUT2D eigenvalue weighted by atomic mass is 19.1. The van der Waals surface area contributed by atoms with E-state index < -0.39 is 0 Å². The number of nitrogens with one attached hydrogen (secondary N) is 1. The number of rotatable bonds is 9. The molecule has 0 spiro atoms. The van der Waals surface area contributed by atoms with Crippen molar-refractivity contribution in [2.45, 2.75) is 32.4 Å². The Bertz CT molecular complexity index is 878. The summed E-state index contributed by atoms with van der Waals surface area (Å²) in [4.78, 5) is 12.0. The van der Waals surface area contributed by atoms with Crippen LogP contribution in [0.3, 0.4) is 0 Å². The molecule has 1 heterocycles. The van der Waals surface area contributed by atoms with Crippen LogP contribution in [0.15, 0.2) is 65.2 Å². The molecule has 0 aliphatic carbocycles. The number of aromatic nitrogens is 1. The third-order valence-electron chi connectivity index (χ3n) is 4.29. The Morgan fingerprint density at radius 1 is 1.18 bits per heavy atom. The zero-order chi connectivity index (χ0) is 19.8. The molecule has 28 heavy (non-hydrogen) atoms. The molecule has 0 saturated carbocycles. The molecule has 0 bridgehead atoms. The fourth-order valence-corrected chi connectivity index (χ4v) is 2.79. The van der Waals surface area contributed by atoms with Gasteiger partial charge in [0, 0.05) is 17.7 Å². The maximum absolute atomic E-state index is 13.0. The van der Waals surface area contributed by atoms with Crippen LogP contribution in [0.5, 0.6) is 0 Å². The maximum atomic E-state index is 13.0. The molecule has 1 amide bonds. The lowest BCUT2D eigenvalue weighted by Gasteiger charge is -2.13. The summed E-state index contributed by atoms with van der Waals surface area (Å²) in [6.45, 7) is 2.10. The number of benzene rings is 2. The van der Waals surface area contributed by atoms with Gasteiger partial charge in [0.2, 0.25) is 5.91 Å². The van der Waals surface area contributed by atoms with Gasteiger partial charge in [-0.3, -0.25) is 4.79 Å². The normalized spacial score (nSPS) is 11.9. The third-order valence-corrected chi connectivity index (χ3v) is 4.29. The molecule has 0 aliphatic rings. The van der Waals surface area contributed by atoms with E-state index in [-0.39, 0.29) is 31.0 Å². The quantitative estimate of drug-likeness (QED) is 0.604. The summed E-state index contributed by atoms with van der Waals surface area (Å²) < 4.78 is 23.6. The Labute approximate surface area is 163 Å². The first-order valence-corrected chi connectivity index (χ1v) is 9.23. The van der Waals surface area contributed by atoms with Crippen molar-refractivity contribution < 1.29 is 18.4 Å². The fourth-order valence-electron chi connectivity index (χ4n) is 2.79. The molecule has 146 valence electrons. The van der Waals surface area contributed by atoms with E-state index in [4.69, 9.17) is 9.26 Å². The van der Waals surface area contributed by atoms with Crippen LogP contribution >= 0.6 is 0 Å². The summed E-state index contributed by atoms with van der Waals surface area (Å²) >= 11 is 0. The van der Waals surface area contributed by atoms with Crippen LogP contribution in [0.1, 0.15) is 24.6 Å². The Morgan fingerprint density at radius 3 is 2.68 bits per heavy atom. The standard InChI is InChI=1S/C22H23FN2O3/c1-16(7-8-17-5-3-2-4-6-17)24-22(26)15-27-14-20-13-21(28-25-20)18-9-11-19(23)12-10-18/h2-6,9-13,16H,7-8,14-15H2,1H3,(H,24,26)/t16-/m0/s1. The molecule has 1 atom stereocenters. The highest BCUT2D eigenvalue weighted by Crippen LogP contribution is 2.20. The van der Waals surface area contributed by atoms with Crippen molar-refractivity contribution in [1.82, 2.24) is 10.5 Å². The van der Waals surface area contributed by atoms with Gasteiger partial charge < -0.3 is 14.6 Å². The van der Waals surface area contributed by atoms with Crippen molar-refractivity contribution in [3.8, 4) is 11.3 Å². The van der Waals surface area contributed by atoms with E-state index in [1.165, 1.54) is 17.7 Å². The summed E-state index contributed by atoms with van der Waals surface area (Å²) in [6.07, 6.45) is 1.77. The van der Waals surface area contributed by atoms with Crippen LogP contribution in [-0.4, -0.2) is 23.7 Å². The molecule has 0 fully saturated rings. The summed E-state index contributed by atoms with van der Waals surface area (Å²) in [7, 11) is 0. The number of hydrogen-bond donors (Lipinski definition) is 1. The number of hydrogen-bond acceptors (Lipinski definition) is 4. The smallest absolute Gasteiger partial charge is 0.246 e. The largest absolute Gasteiger partial charge is 0.365 e. The number of aryl methyl sites for hydroxylation is 1. The van der Waals surface area contributed by atoms with Gasteiger partial charge in [-0.25, -0.2) is 4.39 Å². The van der Waals surface area contributed by atoms with Crippen molar-refractivity contribution in [3.63, 3.8) is 0 Å². The van der Waals surface area contributed by atoms with E-state index in [0.29, 0.717) is 11.5 Å². The second-order valence-electron chi connectivity index (χ2n) is 6.68. The lowest BCUT2D eigenvalue weighted by molar-refractivity contribution is -0.126. The molecule has 5 nitrogen and oxygen atoms in total. The summed E-state index contributed by atoms with van der Waals surface area (Å²) in [5, 5.41) is 6.84. The minimum atomic E-state index is -0.309. The number of carbonyl (C=O) groups excluding carboxylic acids is 1. The average Bonchev–Trinajstić information content (AvgIpc) is 3.16. The molecule has 0 aliphatic heterocycles. The second kappa shape index (κ2) is 9.80. The highest BCUT2D eigenvalue weighted by Gasteiger charge is 2.10. The predicted octanol–water partition coefficient (Wildman–Crippen LogP) is 4.13. The SMILES string of the molecule is C[C@@H](CCc1ccccc1)NC(=O)COCc1cc(-c2ccc(F)cc2)on1. The van der Waals surface area contributed by atoms with Gasteiger partial charge in [0.1, 0.15) is 18.1 Å². The third kappa shape index (κ3) is 6.03. The molecule has 6 heteroatoms. The zero-order valence-corrected chi connectivity index (χ0v) is 15.7. The molecule has 0 saturated heterocycles. The molecule has 0 unspecified atom stereocenters. The Kier molecular flexibility index (Phi) is 6.92. The van der Waals surface area contributed by atoms with E-state index >= 15 is 0 Å². The van der Waals surface area contributed by atoms with Crippen LogP contribution in [0.4, 0.5) is 4.39 Å². The zero-order valence-electron chi connectivity index (χ0n) is 15.7. The van der Waals surface area contributed by atoms with Crippen molar-refractivity contribution in [2.24, 2.45) is 0 Å². The van der Waals surface area contributed by atoms with Gasteiger partial charge in [0.25, 0.3) is 0 Å². The molecule has 3 aromatic rings. The van der Waals surface area contributed by atoms with Crippen LogP contribution in [-0.2, 0) is 22.6 Å². The first kappa shape index (κ1) is 19.8. The van der Waals surface area contributed by atoms with Crippen molar-refractivity contribution in [3.05, 3.63) is 77.7 Å². The van der Waals surface area contributed by atoms with Crippen molar-refractivity contribution in [2.75, 3.05) is 6.61 Å². The lowest BCUT2D eigenvalue weighted by atomic mass is 10.1. The van der Waals surface area contributed by atoms with Crippen LogP contribution in [0.25, 0.3) is 11.3 Å². The van der Waals surface area contributed by atoms with Gasteiger partial charge in [-0.1, -0.05) is 35.5 Å². The van der Waals surface area contributed by atoms with E-state index in [2.05, 4.69) is 22.6 Å². The number of ether oxygens (including phenoxy) is 1. The van der Waals surface area contributed by atoms with Crippen molar-refractivity contribution >= 4 is 5.91 Å². The molecule has 1 N–H and O–H groups in total. The average molecular weight is 382 g/mol. The van der Waals surface area contributed by atoms with Gasteiger partial charge in [0.05, 0.1) is 6.61 Å². The predicted molar refractivity (Wildman–Crippen MR) is 104 cm³/mol. The van der Waals surface area contributed by atoms with Crippen LogP contribution in [0, 0.1) is 5.82 Å². The molecular formula is C22H23FN2O3. The summed E-state index contributed by atoms with van der Waals surface area (Å²) in [6, 6.07) is 17.9. The minimum absolute atomic E-state index is 0.0472. The van der Waals surface area contributed by atoms with Crippen LogP contribution in [0.2, 0.25) is 0 Å². The fraction of sp³-hybridized carbons (Fsp3) is 0.273. The Hall–Kier alpha value is -2.99. The molecule has 3 rings (SSSR count). The second-order valence-corrected chi connectivity index (χ2v) is 6.68. The van der Waals surface area contributed by atoms with Gasteiger partial charge in [-0.15, -0.1) is 0 Å². The van der Waals surface area contributed by atoms with Gasteiger partial charge in [0.15, 0.2) is 5.76 Å². The molecular weight excluding hydrogens is 359 g/mol. The Morgan fingerprint density at radius 2 is 1.93 bits per heavy atom. The number of carbonyl (C=O) groups is 1. The van der Waals surface area contributed by atoms with E-state index in [9.17, 15) is 9.18 Å². The minimum Gasteiger partial charge on any atom is -0.365 e. The molecule has 0 radical (unpaired) electrons. The van der Waals surface area contributed by atoms with Crippen molar-refractivity contribution in [1.29, 1.82) is 0 Å². The van der Waals surface area contributed by atoms with Gasteiger partial charge >= 0.3 is 0 Å². The van der Waals surface area contributed by atoms with E-state index in [1.807, 2.05) is 25.1 Å². The number of amides is 1. The maximum Gasteiger partial charge on any atom is 0.246 e. The number of halogens is 1. The Balaban J connectivity index is 1.37. The van der Waals surface area contributed by atoms with Gasteiger partial charge in [-0.05, 0) is 49.6 Å². The van der Waals surface area contributed by atoms with E-state index in [1.54, 1.807) is 18.2 Å². The molecule has 2 aromatic carbocycles. The topological polar surface area (TPSA) is 64.4 Å². The van der Waals surface area contributed by atoms with Crippen LogP contribution < -0.4 is 5.32 Å². The first-order chi connectivity index (χ1) is 13.6. The number of nitrogens with zero attached hydrogens (tertiary/aromatic N) is 1. The summed E-state index contributed by atoms with van der Waals surface area (Å²) in [5.41, 5.74) is 2.55. The first-order valence-electron chi connectivity index (χ1n) is 9.23. The van der Waals surface area contributed by atoms with E-state index in [0.717, 1.165) is 18.4 Å². The highest BCUT2D eigenvalue weighted by molar-refractivity contribution is 5.77. The van der Waals surface area contributed by atoms with Gasteiger partial charge in [-0.2, -0.15) is 0 Å². The monoisotopic (exact) mass is 382 g/mol. The summed E-state index contributed by atoms with van der Waals surface area (Å²) in [5.74, 6) is 0.0521. The lowest BCUT2D eigenvalue weighted by Crippen LogP contribution is -2.35. The molecule has 1 aromatic heterocycles.